The number of aliphatic carboxylic acids is 1. The monoisotopic (exact) mass is 753 g/mol. The van der Waals surface area contributed by atoms with Gasteiger partial charge in [0.2, 0.25) is 15.9 Å². The quantitative estimate of drug-likeness (QED) is 0.309. The van der Waals surface area contributed by atoms with Crippen LogP contribution in [0.15, 0.2) is 47.6 Å². The summed E-state index contributed by atoms with van der Waals surface area (Å²) in [6, 6.07) is 4.65. The first-order valence-corrected chi connectivity index (χ1v) is 18.7. The van der Waals surface area contributed by atoms with Crippen LogP contribution in [0.3, 0.4) is 0 Å². The SMILES string of the molecule is O=C(O)[C@H](CNC(=O)N1CCC(CCOC(=O)N2CCN(c3ccncc3)CC2)CC1)NC(=O)[C@H]1CCCN1S(=O)(=O)c1cc(Cl)cc(Cl)c1. The van der Waals surface area contributed by atoms with Crippen LogP contribution in [-0.2, 0) is 24.3 Å². The molecule has 3 aliphatic rings. The van der Waals surface area contributed by atoms with Gasteiger partial charge in [-0.3, -0.25) is 9.78 Å². The molecule has 3 N–H and O–H groups in total. The highest BCUT2D eigenvalue weighted by atomic mass is 35.5. The van der Waals surface area contributed by atoms with Gasteiger partial charge in [0, 0.05) is 73.9 Å². The van der Waals surface area contributed by atoms with E-state index in [4.69, 9.17) is 27.9 Å². The topological polar surface area (TPSA) is 182 Å². The van der Waals surface area contributed by atoms with E-state index in [1.807, 2.05) is 12.1 Å². The fourth-order valence-corrected chi connectivity index (χ4v) is 8.79. The van der Waals surface area contributed by atoms with Crippen LogP contribution in [0, 0.1) is 5.92 Å². The fraction of sp³-hybridized carbons (Fsp3) is 0.531. The minimum atomic E-state index is -4.16. The highest BCUT2D eigenvalue weighted by molar-refractivity contribution is 7.89. The number of nitrogens with zero attached hydrogens (tertiary/aromatic N) is 5. The van der Waals surface area contributed by atoms with Crippen LogP contribution in [0.2, 0.25) is 10.0 Å². The molecule has 50 heavy (non-hydrogen) atoms. The van der Waals surface area contributed by atoms with Gasteiger partial charge in [0.15, 0.2) is 0 Å². The number of carbonyl (C=O) groups is 4. The number of anilines is 1. The minimum absolute atomic E-state index is 0.0578. The number of halogens is 2. The summed E-state index contributed by atoms with van der Waals surface area (Å²) in [7, 11) is -4.16. The molecule has 2 aromatic rings. The van der Waals surface area contributed by atoms with Crippen molar-refractivity contribution < 1.29 is 37.4 Å². The number of aromatic nitrogens is 1. The average molecular weight is 755 g/mol. The molecular formula is C32H41Cl2N7O8S. The Morgan fingerprint density at radius 1 is 0.920 bits per heavy atom. The lowest BCUT2D eigenvalue weighted by molar-refractivity contribution is -0.142. The highest BCUT2D eigenvalue weighted by Crippen LogP contribution is 2.30. The van der Waals surface area contributed by atoms with Gasteiger partial charge in [0.05, 0.1) is 18.0 Å². The lowest BCUT2D eigenvalue weighted by Gasteiger charge is -2.35. The van der Waals surface area contributed by atoms with Gasteiger partial charge in [0.1, 0.15) is 12.1 Å². The molecule has 0 radical (unpaired) electrons. The molecule has 0 bridgehead atoms. The molecular weight excluding hydrogens is 713 g/mol. The number of likely N-dealkylation sites (tertiary alicyclic amines) is 1. The summed E-state index contributed by atoms with van der Waals surface area (Å²) in [5.74, 6) is -1.90. The maximum Gasteiger partial charge on any atom is 0.409 e. The summed E-state index contributed by atoms with van der Waals surface area (Å²) >= 11 is 12.0. The van der Waals surface area contributed by atoms with Gasteiger partial charge in [-0.15, -0.1) is 0 Å². The summed E-state index contributed by atoms with van der Waals surface area (Å²) in [5.41, 5.74) is 1.07. The van der Waals surface area contributed by atoms with Crippen molar-refractivity contribution in [2.24, 2.45) is 5.92 Å². The fourth-order valence-electron chi connectivity index (χ4n) is 6.40. The van der Waals surface area contributed by atoms with Gasteiger partial charge < -0.3 is 35.2 Å². The Balaban J connectivity index is 1.02. The molecule has 0 aliphatic carbocycles. The first kappa shape index (κ1) is 37.4. The second kappa shape index (κ2) is 16.9. The number of rotatable bonds is 11. The molecule has 5 rings (SSSR count). The summed E-state index contributed by atoms with van der Waals surface area (Å²) in [4.78, 5) is 60.0. The Morgan fingerprint density at radius 2 is 1.58 bits per heavy atom. The molecule has 4 heterocycles. The van der Waals surface area contributed by atoms with Gasteiger partial charge in [-0.1, -0.05) is 23.2 Å². The molecule has 0 spiro atoms. The number of benzene rings is 1. The van der Waals surface area contributed by atoms with E-state index in [0.29, 0.717) is 65.0 Å². The number of ether oxygens (including phenoxy) is 1. The number of nitrogens with one attached hydrogen (secondary N) is 2. The van der Waals surface area contributed by atoms with Crippen molar-refractivity contribution in [3.8, 4) is 0 Å². The molecule has 3 aliphatic heterocycles. The van der Waals surface area contributed by atoms with E-state index in [1.165, 1.54) is 18.2 Å². The number of amides is 4. The summed E-state index contributed by atoms with van der Waals surface area (Å²) in [5, 5.41) is 15.0. The maximum absolute atomic E-state index is 13.3. The van der Waals surface area contributed by atoms with Crippen molar-refractivity contribution in [2.75, 3.05) is 63.9 Å². The van der Waals surface area contributed by atoms with Crippen molar-refractivity contribution in [1.82, 2.24) is 29.7 Å². The van der Waals surface area contributed by atoms with Gasteiger partial charge in [0.25, 0.3) is 0 Å². The van der Waals surface area contributed by atoms with Crippen LogP contribution in [0.5, 0.6) is 0 Å². The molecule has 0 unspecified atom stereocenters. The smallest absolute Gasteiger partial charge is 0.409 e. The average Bonchev–Trinajstić information content (AvgIpc) is 3.62. The Bertz CT molecular complexity index is 1620. The number of urea groups is 1. The van der Waals surface area contributed by atoms with Gasteiger partial charge in [-0.05, 0) is 68.4 Å². The zero-order chi connectivity index (χ0) is 35.8. The molecule has 18 heteroatoms. The number of hydrogen-bond donors (Lipinski definition) is 3. The number of hydrogen-bond acceptors (Lipinski definition) is 9. The van der Waals surface area contributed by atoms with Crippen LogP contribution in [0.4, 0.5) is 15.3 Å². The van der Waals surface area contributed by atoms with Crippen LogP contribution >= 0.6 is 23.2 Å². The molecule has 1 aromatic heterocycles. The van der Waals surface area contributed by atoms with Crippen molar-refractivity contribution in [2.45, 2.75) is 49.1 Å². The van der Waals surface area contributed by atoms with E-state index < -0.39 is 46.6 Å². The van der Waals surface area contributed by atoms with Crippen LogP contribution in [0.1, 0.15) is 32.1 Å². The standard InChI is InChI=1S/C32H41Cl2N7O8S/c33-23-18-24(34)20-26(19-23)50(47,48)41-10-1-2-28(41)29(42)37-27(30(43)44)21-36-31(45)39-11-5-22(6-12-39)7-17-49-32(46)40-15-13-38(14-16-40)25-3-8-35-9-4-25/h3-4,8-9,18-20,22,27-28H,1-2,5-7,10-17,21H2,(H,36,45)(H,37,42)(H,43,44)/t27-,28+/m0/s1. The Morgan fingerprint density at radius 3 is 2.22 bits per heavy atom. The number of carbonyl (C=O) groups excluding carboxylic acids is 3. The van der Waals surface area contributed by atoms with Gasteiger partial charge >= 0.3 is 18.1 Å². The summed E-state index contributed by atoms with van der Waals surface area (Å²) < 4.78 is 33.2. The normalized spacial score (nSPS) is 19.6. The maximum atomic E-state index is 13.3. The molecule has 3 saturated heterocycles. The molecule has 3 fully saturated rings. The molecule has 272 valence electrons. The number of piperidine rings is 1. The van der Waals surface area contributed by atoms with E-state index >= 15 is 0 Å². The Kier molecular flexibility index (Phi) is 12.6. The zero-order valence-electron chi connectivity index (χ0n) is 27.4. The molecule has 1 aromatic carbocycles. The van der Waals surface area contributed by atoms with Gasteiger partial charge in [-0.25, -0.2) is 22.8 Å². The second-order valence-electron chi connectivity index (χ2n) is 12.5. The number of piperazine rings is 1. The van der Waals surface area contributed by atoms with Crippen molar-refractivity contribution in [1.29, 1.82) is 0 Å². The lowest BCUT2D eigenvalue weighted by Crippen LogP contribution is -2.55. The lowest BCUT2D eigenvalue weighted by atomic mass is 9.94. The van der Waals surface area contributed by atoms with E-state index in [2.05, 4.69) is 20.5 Å². The van der Waals surface area contributed by atoms with Crippen molar-refractivity contribution >= 4 is 62.9 Å². The van der Waals surface area contributed by atoms with Crippen LogP contribution in [0.25, 0.3) is 0 Å². The van der Waals surface area contributed by atoms with Crippen molar-refractivity contribution in [3.05, 3.63) is 52.8 Å². The minimum Gasteiger partial charge on any atom is -0.480 e. The molecule has 4 amide bonds. The molecule has 0 saturated carbocycles. The molecule has 2 atom stereocenters. The van der Waals surface area contributed by atoms with Gasteiger partial charge in [-0.2, -0.15) is 4.31 Å². The second-order valence-corrected chi connectivity index (χ2v) is 15.2. The third-order valence-electron chi connectivity index (χ3n) is 9.24. The van der Waals surface area contributed by atoms with E-state index in [9.17, 15) is 32.7 Å². The zero-order valence-corrected chi connectivity index (χ0v) is 29.7. The van der Waals surface area contributed by atoms with Crippen LogP contribution in [-0.4, -0.2) is 128 Å². The third-order valence-corrected chi connectivity index (χ3v) is 11.6. The molecule has 15 nitrogen and oxygen atoms in total. The highest BCUT2D eigenvalue weighted by Gasteiger charge is 2.41. The summed E-state index contributed by atoms with van der Waals surface area (Å²) in [6.07, 6.45) is 5.80. The van der Waals surface area contributed by atoms with Crippen molar-refractivity contribution in [3.63, 3.8) is 0 Å². The first-order chi connectivity index (χ1) is 23.9. The predicted molar refractivity (Wildman–Crippen MR) is 185 cm³/mol. The Labute approximate surface area is 300 Å². The van der Waals surface area contributed by atoms with E-state index in [0.717, 1.165) is 9.99 Å². The first-order valence-electron chi connectivity index (χ1n) is 16.5. The Hall–Kier alpha value is -3.86. The van der Waals surface area contributed by atoms with E-state index in [-0.39, 0.29) is 46.5 Å². The largest absolute Gasteiger partial charge is 0.480 e. The number of carboxylic acid groups (broad SMARTS) is 1. The predicted octanol–water partition coefficient (Wildman–Crippen LogP) is 2.88. The summed E-state index contributed by atoms with van der Waals surface area (Å²) in [6.45, 7) is 3.39. The number of carboxylic acids is 1. The van der Waals surface area contributed by atoms with Crippen LogP contribution < -0.4 is 15.5 Å². The third kappa shape index (κ3) is 9.47. The van der Waals surface area contributed by atoms with E-state index in [1.54, 1.807) is 22.2 Å². The number of pyridine rings is 1. The number of sulfonamides is 1.